The summed E-state index contributed by atoms with van der Waals surface area (Å²) in [5.74, 6) is -1.80. The van der Waals surface area contributed by atoms with Crippen LogP contribution in [0, 0.1) is 0 Å². The van der Waals surface area contributed by atoms with E-state index in [0.29, 0.717) is 0 Å². The van der Waals surface area contributed by atoms with E-state index in [1.54, 1.807) is 0 Å². The second-order valence-corrected chi connectivity index (χ2v) is 6.38. The van der Waals surface area contributed by atoms with Crippen LogP contribution >= 0.6 is 11.8 Å². The molecule has 1 aliphatic rings. The summed E-state index contributed by atoms with van der Waals surface area (Å²) in [6.07, 6.45) is -4.16. The summed E-state index contributed by atoms with van der Waals surface area (Å²) < 4.78 is 20.9. The third-order valence-electron chi connectivity index (χ3n) is 3.03. The summed E-state index contributed by atoms with van der Waals surface area (Å²) in [5, 5.41) is -0.178. The van der Waals surface area contributed by atoms with Gasteiger partial charge in [0.05, 0.1) is 0 Å². The summed E-state index contributed by atoms with van der Waals surface area (Å²) in [7, 11) is 0. The first-order valence-corrected chi connectivity index (χ1v) is 8.16. The zero-order valence-electron chi connectivity index (χ0n) is 13.8. The van der Waals surface area contributed by atoms with Gasteiger partial charge in [0, 0.05) is 33.4 Å². The summed E-state index contributed by atoms with van der Waals surface area (Å²) in [6.45, 7) is 4.90. The van der Waals surface area contributed by atoms with Gasteiger partial charge in [-0.25, -0.2) is 0 Å². The maximum absolute atomic E-state index is 11.4. The minimum atomic E-state index is -1.20. The predicted octanol–water partition coefficient (Wildman–Crippen LogP) is -0.255. The van der Waals surface area contributed by atoms with E-state index in [2.05, 4.69) is 0 Å². The van der Waals surface area contributed by atoms with Crippen LogP contribution in [0.3, 0.4) is 0 Å². The molecule has 1 saturated heterocycles. The molecule has 0 aliphatic carbocycles. The molecule has 0 bridgehead atoms. The second-order valence-electron chi connectivity index (χ2n) is 5.18. The van der Waals surface area contributed by atoms with Crippen LogP contribution in [0.4, 0.5) is 0 Å². The Balaban J connectivity index is 3.08. The molecule has 10 heteroatoms. The lowest BCUT2D eigenvalue weighted by atomic mass is 9.97. The van der Waals surface area contributed by atoms with Crippen LogP contribution in [0.25, 0.3) is 0 Å². The number of esters is 3. The van der Waals surface area contributed by atoms with Crippen molar-refractivity contribution in [3.05, 3.63) is 0 Å². The standard InChI is InChI=1S/C14H21NO8S/c1-6(16)20-12-10(5-24-9(4)19)23-14(22-8(3)18)11(15)13(12)21-7(2)17/h10-14H,5,15H2,1-4H3/t10-,11+,12-,13-,14-/m0/s1. The van der Waals surface area contributed by atoms with Gasteiger partial charge in [0.25, 0.3) is 0 Å². The first kappa shape index (κ1) is 20.4. The molecule has 2 N–H and O–H groups in total. The SMILES string of the molecule is CC(=O)O[C@H]1O[C@@H](CSC(C)=O)[C@H](OC(C)=O)[C@@H](OC(C)=O)[C@H]1N. The average Bonchev–Trinajstić information content (AvgIpc) is 2.42. The largest absolute Gasteiger partial charge is 0.457 e. The Labute approximate surface area is 143 Å². The normalized spacial score (nSPS) is 29.5. The highest BCUT2D eigenvalue weighted by Crippen LogP contribution is 2.28. The van der Waals surface area contributed by atoms with Crippen LogP contribution in [0.1, 0.15) is 27.7 Å². The lowest BCUT2D eigenvalue weighted by Crippen LogP contribution is -2.64. The van der Waals surface area contributed by atoms with Gasteiger partial charge in [-0.15, -0.1) is 0 Å². The van der Waals surface area contributed by atoms with Gasteiger partial charge in [0.2, 0.25) is 6.29 Å². The second kappa shape index (κ2) is 9.00. The van der Waals surface area contributed by atoms with Crippen molar-refractivity contribution in [3.63, 3.8) is 0 Å². The van der Waals surface area contributed by atoms with Crippen LogP contribution in [0.5, 0.6) is 0 Å². The molecule has 1 rings (SSSR count). The molecule has 0 spiro atoms. The zero-order valence-corrected chi connectivity index (χ0v) is 14.7. The van der Waals surface area contributed by atoms with Crippen molar-refractivity contribution in [2.24, 2.45) is 5.73 Å². The number of hydrogen-bond acceptors (Lipinski definition) is 10. The third-order valence-corrected chi connectivity index (χ3v) is 3.93. The quantitative estimate of drug-likeness (QED) is 0.515. The third kappa shape index (κ3) is 6.10. The lowest BCUT2D eigenvalue weighted by Gasteiger charge is -2.43. The van der Waals surface area contributed by atoms with Crippen molar-refractivity contribution in [1.82, 2.24) is 0 Å². The van der Waals surface area contributed by atoms with E-state index >= 15 is 0 Å². The highest BCUT2D eigenvalue weighted by Gasteiger charge is 2.49. The molecule has 0 aromatic rings. The van der Waals surface area contributed by atoms with Crippen molar-refractivity contribution >= 4 is 34.8 Å². The van der Waals surface area contributed by atoms with E-state index in [9.17, 15) is 19.2 Å². The molecule has 0 amide bonds. The first-order chi connectivity index (χ1) is 11.1. The number of carbonyl (C=O) groups excluding carboxylic acids is 4. The highest BCUT2D eigenvalue weighted by atomic mass is 32.2. The number of thioether (sulfide) groups is 1. The maximum Gasteiger partial charge on any atom is 0.304 e. The van der Waals surface area contributed by atoms with Gasteiger partial charge in [-0.1, -0.05) is 11.8 Å². The minimum Gasteiger partial charge on any atom is -0.457 e. The average molecular weight is 363 g/mol. The topological polar surface area (TPSA) is 131 Å². The monoisotopic (exact) mass is 363 g/mol. The van der Waals surface area contributed by atoms with Crippen LogP contribution in [-0.2, 0) is 38.1 Å². The van der Waals surface area contributed by atoms with Crippen molar-refractivity contribution < 1.29 is 38.1 Å². The number of carbonyl (C=O) groups is 4. The molecule has 136 valence electrons. The summed E-state index contributed by atoms with van der Waals surface area (Å²) in [6, 6.07) is -1.05. The van der Waals surface area contributed by atoms with Crippen molar-refractivity contribution in [1.29, 1.82) is 0 Å². The fraction of sp³-hybridized carbons (Fsp3) is 0.714. The summed E-state index contributed by atoms with van der Waals surface area (Å²) >= 11 is 0.935. The molecule has 9 nitrogen and oxygen atoms in total. The number of hydrogen-bond donors (Lipinski definition) is 1. The summed E-state index contributed by atoms with van der Waals surface area (Å²) in [4.78, 5) is 45.1. The van der Waals surface area contributed by atoms with Crippen LogP contribution < -0.4 is 5.73 Å². The Morgan fingerprint density at radius 3 is 1.88 bits per heavy atom. The zero-order chi connectivity index (χ0) is 18.4. The minimum absolute atomic E-state index is 0.107. The smallest absolute Gasteiger partial charge is 0.304 e. The van der Waals surface area contributed by atoms with Gasteiger partial charge < -0.3 is 24.7 Å². The Morgan fingerprint density at radius 2 is 1.42 bits per heavy atom. The molecule has 1 aliphatic heterocycles. The number of ether oxygens (including phenoxy) is 4. The Hall–Kier alpha value is -1.65. The Bertz CT molecular complexity index is 495. The highest BCUT2D eigenvalue weighted by molar-refractivity contribution is 8.13. The van der Waals surface area contributed by atoms with Gasteiger partial charge in [0.1, 0.15) is 12.1 Å². The van der Waals surface area contributed by atoms with E-state index < -0.39 is 48.6 Å². The van der Waals surface area contributed by atoms with E-state index in [1.807, 2.05) is 0 Å². The van der Waals surface area contributed by atoms with Crippen molar-refractivity contribution in [3.8, 4) is 0 Å². The molecule has 0 radical (unpaired) electrons. The van der Waals surface area contributed by atoms with E-state index in [1.165, 1.54) is 27.7 Å². The molecule has 1 fully saturated rings. The lowest BCUT2D eigenvalue weighted by molar-refractivity contribution is -0.256. The number of rotatable bonds is 5. The number of nitrogens with two attached hydrogens (primary N) is 1. The van der Waals surface area contributed by atoms with Gasteiger partial charge >= 0.3 is 17.9 Å². The molecular formula is C14H21NO8S. The molecule has 5 atom stereocenters. The predicted molar refractivity (Wildman–Crippen MR) is 82.6 cm³/mol. The van der Waals surface area contributed by atoms with Gasteiger partial charge in [0.15, 0.2) is 17.3 Å². The molecular weight excluding hydrogens is 342 g/mol. The molecule has 1 heterocycles. The maximum atomic E-state index is 11.4. The van der Waals surface area contributed by atoms with E-state index in [4.69, 9.17) is 24.7 Å². The van der Waals surface area contributed by atoms with E-state index in [-0.39, 0.29) is 10.9 Å². The van der Waals surface area contributed by atoms with Crippen molar-refractivity contribution in [2.45, 2.75) is 58.3 Å². The molecule has 0 aromatic carbocycles. The van der Waals surface area contributed by atoms with Gasteiger partial charge in [-0.2, -0.15) is 0 Å². The van der Waals surface area contributed by atoms with Gasteiger partial charge in [-0.05, 0) is 0 Å². The van der Waals surface area contributed by atoms with Crippen molar-refractivity contribution in [2.75, 3.05) is 5.75 Å². The summed E-state index contributed by atoms with van der Waals surface area (Å²) in [5.41, 5.74) is 5.96. The van der Waals surface area contributed by atoms with Crippen LogP contribution in [0.15, 0.2) is 0 Å². The molecule has 0 saturated carbocycles. The van der Waals surface area contributed by atoms with Crippen LogP contribution in [0.2, 0.25) is 0 Å². The first-order valence-electron chi connectivity index (χ1n) is 7.18. The molecule has 24 heavy (non-hydrogen) atoms. The Morgan fingerprint density at radius 1 is 0.917 bits per heavy atom. The fourth-order valence-electron chi connectivity index (χ4n) is 2.20. The molecule has 0 aromatic heterocycles. The fourth-order valence-corrected chi connectivity index (χ4v) is 2.87. The Kier molecular flexibility index (Phi) is 7.64. The molecule has 0 unspecified atom stereocenters. The van der Waals surface area contributed by atoms with Gasteiger partial charge in [-0.3, -0.25) is 19.2 Å². The van der Waals surface area contributed by atoms with E-state index in [0.717, 1.165) is 11.8 Å². The van der Waals surface area contributed by atoms with Crippen LogP contribution in [-0.4, -0.2) is 59.4 Å².